The van der Waals surface area contributed by atoms with Gasteiger partial charge in [0.05, 0.1) is 12.2 Å². The van der Waals surface area contributed by atoms with E-state index in [4.69, 9.17) is 4.84 Å². The van der Waals surface area contributed by atoms with Crippen LogP contribution in [-0.4, -0.2) is 44.9 Å². The van der Waals surface area contributed by atoms with E-state index >= 15 is 0 Å². The van der Waals surface area contributed by atoms with E-state index in [0.717, 1.165) is 38.6 Å². The van der Waals surface area contributed by atoms with Gasteiger partial charge in [-0.3, -0.25) is 14.8 Å². The van der Waals surface area contributed by atoms with E-state index in [9.17, 15) is 5.11 Å². The molecule has 3 heterocycles. The Morgan fingerprint density at radius 1 is 0.698 bits per heavy atom. The Balaban J connectivity index is 0.960. The lowest BCUT2D eigenvalue weighted by molar-refractivity contribution is -0.170. The number of nitrogens with zero attached hydrogens (tertiary/aromatic N) is 3. The van der Waals surface area contributed by atoms with Gasteiger partial charge in [0, 0.05) is 43.3 Å². The fourth-order valence-corrected chi connectivity index (χ4v) is 7.10. The van der Waals surface area contributed by atoms with Crippen molar-refractivity contribution >= 4 is 0 Å². The molecule has 0 spiro atoms. The van der Waals surface area contributed by atoms with Crippen molar-refractivity contribution in [1.29, 1.82) is 0 Å². The lowest BCUT2D eigenvalue weighted by atomic mass is 9.93. The van der Waals surface area contributed by atoms with Crippen LogP contribution in [0.4, 0.5) is 0 Å². The number of aryl methyl sites for hydroxylation is 2. The van der Waals surface area contributed by atoms with Crippen molar-refractivity contribution in [3.63, 3.8) is 0 Å². The van der Waals surface area contributed by atoms with Crippen LogP contribution >= 0.6 is 0 Å². The summed E-state index contributed by atoms with van der Waals surface area (Å²) in [5.74, 6) is 0.526. The van der Waals surface area contributed by atoms with E-state index < -0.39 is 0 Å². The van der Waals surface area contributed by atoms with Crippen molar-refractivity contribution in [2.75, 3.05) is 6.54 Å². The normalized spacial score (nSPS) is 22.1. The lowest BCUT2D eigenvalue weighted by Gasteiger charge is -2.22. The van der Waals surface area contributed by atoms with E-state index in [1.165, 1.54) is 114 Å². The highest BCUT2D eigenvalue weighted by Gasteiger charge is 2.48. The number of aromatic nitrogens is 2. The van der Waals surface area contributed by atoms with E-state index in [0.29, 0.717) is 18.1 Å². The maximum atomic E-state index is 10.4. The molecule has 0 unspecified atom stereocenters. The van der Waals surface area contributed by atoms with Gasteiger partial charge in [-0.15, -0.1) is 0 Å². The number of hydroxylamine groups is 2. The number of aliphatic hydroxyl groups is 1. The fraction of sp³-hybridized carbons (Fsp3) is 0.684. The molecule has 0 radical (unpaired) electrons. The summed E-state index contributed by atoms with van der Waals surface area (Å²) in [6.45, 7) is 1.02. The summed E-state index contributed by atoms with van der Waals surface area (Å²) >= 11 is 0. The van der Waals surface area contributed by atoms with Crippen molar-refractivity contribution < 1.29 is 9.94 Å². The van der Waals surface area contributed by atoms with Gasteiger partial charge in [0.25, 0.3) is 0 Å². The summed E-state index contributed by atoms with van der Waals surface area (Å²) in [4.78, 5) is 14.9. The molecule has 2 fully saturated rings. The molecule has 5 nitrogen and oxygen atoms in total. The minimum atomic E-state index is -0.138. The molecule has 2 aromatic heterocycles. The number of pyridine rings is 2. The Hall–Kier alpha value is -2.08. The lowest BCUT2D eigenvalue weighted by Crippen LogP contribution is -2.30. The van der Waals surface area contributed by atoms with E-state index in [-0.39, 0.29) is 6.10 Å². The maximum Gasteiger partial charge on any atom is 0.0838 e. The summed E-state index contributed by atoms with van der Waals surface area (Å²) in [7, 11) is 0. The molecule has 2 aromatic rings. The number of aliphatic hydroxyl groups excluding tert-OH is 1. The molecule has 1 saturated heterocycles. The molecule has 0 amide bonds. The smallest absolute Gasteiger partial charge is 0.0838 e. The monoisotopic (exact) mass is 589 g/mol. The molecule has 43 heavy (non-hydrogen) atoms. The highest BCUT2D eigenvalue weighted by atomic mass is 16.7. The largest absolute Gasteiger partial charge is 0.393 e. The number of unbranched alkanes of at least 4 members (excludes halogenated alkanes) is 13. The summed E-state index contributed by atoms with van der Waals surface area (Å²) < 4.78 is 0. The van der Waals surface area contributed by atoms with Crippen LogP contribution in [0.3, 0.4) is 0 Å². The number of rotatable bonds is 23. The second kappa shape index (κ2) is 20.8. The first-order valence-electron chi connectivity index (χ1n) is 17.8. The Kier molecular flexibility index (Phi) is 16.4. The molecule has 0 bridgehead atoms. The third-order valence-electron chi connectivity index (χ3n) is 9.57. The predicted molar refractivity (Wildman–Crippen MR) is 178 cm³/mol. The molecular weight excluding hydrogens is 530 g/mol. The fourth-order valence-electron chi connectivity index (χ4n) is 7.10. The Morgan fingerprint density at radius 3 is 1.86 bits per heavy atom. The maximum absolute atomic E-state index is 10.4. The first-order chi connectivity index (χ1) is 21.3. The van der Waals surface area contributed by atoms with Gasteiger partial charge in [-0.1, -0.05) is 82.1 Å². The van der Waals surface area contributed by atoms with Crippen LogP contribution in [0.1, 0.15) is 133 Å². The van der Waals surface area contributed by atoms with Gasteiger partial charge >= 0.3 is 0 Å². The highest BCUT2D eigenvalue weighted by Crippen LogP contribution is 2.42. The minimum absolute atomic E-state index is 0.138. The van der Waals surface area contributed by atoms with Gasteiger partial charge in [0.2, 0.25) is 0 Å². The summed E-state index contributed by atoms with van der Waals surface area (Å²) in [5, 5.41) is 12.7. The van der Waals surface area contributed by atoms with Crippen LogP contribution in [0.5, 0.6) is 0 Å². The molecule has 238 valence electrons. The zero-order chi connectivity index (χ0) is 29.8. The van der Waals surface area contributed by atoms with Crippen molar-refractivity contribution in [2.45, 2.75) is 153 Å². The molecule has 4 atom stereocenters. The van der Waals surface area contributed by atoms with Crippen LogP contribution < -0.4 is 0 Å². The van der Waals surface area contributed by atoms with Crippen molar-refractivity contribution in [3.8, 4) is 0 Å². The first-order valence-corrected chi connectivity index (χ1v) is 17.8. The second-order valence-electron chi connectivity index (χ2n) is 13.2. The standard InChI is InChI=1S/C38H59N3O2/c42-35-29-36-37(30-35)41(43-38(36)25-17-13-9-8-12-16-22-34-24-20-27-40-32-34)28-18-14-10-6-4-2-1-3-5-7-11-15-21-33-23-19-26-39-31-33/h2,4,19-20,23-24,26-27,31-32,35-38,42H,1,3,5-18,21-22,25,28-30H2/b4-2-/t35-,36-,37+,38-/m0/s1. The van der Waals surface area contributed by atoms with Crippen LogP contribution in [0, 0.1) is 5.92 Å². The SMILES string of the molecule is O[C@H]1C[C@@H]2[C@H](CCCCCCCCc3cccnc3)ON(CCCCC/C=C\CCCCCCCc3cccnc3)[C@@H]2C1. The quantitative estimate of drug-likeness (QED) is 0.103. The molecular formula is C38H59N3O2. The molecule has 1 aliphatic heterocycles. The van der Waals surface area contributed by atoms with Crippen LogP contribution in [0.25, 0.3) is 0 Å². The van der Waals surface area contributed by atoms with Gasteiger partial charge < -0.3 is 5.11 Å². The summed E-state index contributed by atoms with van der Waals surface area (Å²) in [6, 6.07) is 8.86. The second-order valence-corrected chi connectivity index (χ2v) is 13.2. The van der Waals surface area contributed by atoms with Crippen LogP contribution in [-0.2, 0) is 17.7 Å². The highest BCUT2D eigenvalue weighted by molar-refractivity contribution is 5.08. The zero-order valence-corrected chi connectivity index (χ0v) is 26.8. The Morgan fingerprint density at radius 2 is 1.26 bits per heavy atom. The van der Waals surface area contributed by atoms with Crippen molar-refractivity contribution in [2.24, 2.45) is 5.92 Å². The third-order valence-corrected chi connectivity index (χ3v) is 9.57. The van der Waals surface area contributed by atoms with Crippen LogP contribution in [0.2, 0.25) is 0 Å². The molecule has 1 N–H and O–H groups in total. The van der Waals surface area contributed by atoms with E-state index in [2.05, 4.69) is 39.3 Å². The third kappa shape index (κ3) is 13.2. The van der Waals surface area contributed by atoms with Crippen LogP contribution in [0.15, 0.2) is 61.2 Å². The molecule has 1 aliphatic carbocycles. The van der Waals surface area contributed by atoms with Gasteiger partial charge in [0.1, 0.15) is 0 Å². The van der Waals surface area contributed by atoms with Crippen molar-refractivity contribution in [1.82, 2.24) is 15.0 Å². The number of hydrogen-bond acceptors (Lipinski definition) is 5. The average Bonchev–Trinajstić information content (AvgIpc) is 3.57. The predicted octanol–water partition coefficient (Wildman–Crippen LogP) is 9.21. The number of hydrogen-bond donors (Lipinski definition) is 1. The zero-order valence-electron chi connectivity index (χ0n) is 26.8. The van der Waals surface area contributed by atoms with Gasteiger partial charge in [-0.2, -0.15) is 5.06 Å². The van der Waals surface area contributed by atoms with Gasteiger partial charge in [-0.25, -0.2) is 0 Å². The van der Waals surface area contributed by atoms with E-state index in [1.807, 2.05) is 36.9 Å². The molecule has 1 saturated carbocycles. The minimum Gasteiger partial charge on any atom is -0.393 e. The average molecular weight is 590 g/mol. The van der Waals surface area contributed by atoms with E-state index in [1.54, 1.807) is 0 Å². The molecule has 2 aliphatic rings. The van der Waals surface area contributed by atoms with Gasteiger partial charge in [-0.05, 0) is 100 Å². The number of fused-ring (bicyclic) bond motifs is 1. The van der Waals surface area contributed by atoms with Crippen molar-refractivity contribution in [3.05, 3.63) is 72.3 Å². The first kappa shape index (κ1) is 33.8. The Bertz CT molecular complexity index is 985. The Labute approximate surface area is 262 Å². The molecule has 5 heteroatoms. The number of allylic oxidation sites excluding steroid dienone is 2. The van der Waals surface area contributed by atoms with Gasteiger partial charge in [0.15, 0.2) is 0 Å². The summed E-state index contributed by atoms with van der Waals surface area (Å²) in [5.41, 5.74) is 2.72. The molecule has 4 rings (SSSR count). The summed E-state index contributed by atoms with van der Waals surface area (Å²) in [6.07, 6.45) is 38.5. The topological polar surface area (TPSA) is 58.5 Å². The molecule has 0 aromatic carbocycles.